The van der Waals surface area contributed by atoms with Gasteiger partial charge in [0.25, 0.3) is 0 Å². The second-order valence-electron chi connectivity index (χ2n) is 12.5. The summed E-state index contributed by atoms with van der Waals surface area (Å²) in [5.74, 6) is -0.989. The molecule has 0 radical (unpaired) electrons. The molecule has 0 amide bonds. The van der Waals surface area contributed by atoms with E-state index in [4.69, 9.17) is 4.74 Å². The standard InChI is InChI=1S/C28H40O7/c1-15-12-23(35-24(32)16(15)2)26(4,33)20-8-7-19-17-13-22(31)28(34)10-5-6-21(30)25(28,3)18(17)9-11-27(19,20)14-29/h5-6,17-20,22-23,29,31,33-34H,7-14H2,1-4H3. The minimum absolute atomic E-state index is 0.00452. The highest BCUT2D eigenvalue weighted by Gasteiger charge is 2.70. The normalized spacial score (nSPS) is 49.1. The smallest absolute Gasteiger partial charge is 0.334 e. The molecule has 7 heteroatoms. The van der Waals surface area contributed by atoms with Gasteiger partial charge in [-0.2, -0.15) is 0 Å². The molecular weight excluding hydrogens is 448 g/mol. The number of fused-ring (bicyclic) bond motifs is 5. The highest BCUT2D eigenvalue weighted by molar-refractivity contribution is 5.97. The van der Waals surface area contributed by atoms with Crippen molar-refractivity contribution in [1.82, 2.24) is 0 Å². The van der Waals surface area contributed by atoms with Gasteiger partial charge in [0.15, 0.2) is 5.78 Å². The van der Waals surface area contributed by atoms with Crippen molar-refractivity contribution in [2.24, 2.45) is 34.5 Å². The van der Waals surface area contributed by atoms with E-state index in [1.165, 1.54) is 0 Å². The maximum absolute atomic E-state index is 13.2. The van der Waals surface area contributed by atoms with Gasteiger partial charge in [0.1, 0.15) is 17.3 Å². The molecule has 10 atom stereocenters. The quantitative estimate of drug-likeness (QED) is 0.450. The first-order valence-corrected chi connectivity index (χ1v) is 13.2. The van der Waals surface area contributed by atoms with Gasteiger partial charge in [-0.15, -0.1) is 0 Å². The maximum Gasteiger partial charge on any atom is 0.334 e. The summed E-state index contributed by atoms with van der Waals surface area (Å²) >= 11 is 0. The van der Waals surface area contributed by atoms with Gasteiger partial charge in [-0.05, 0) is 96.0 Å². The Morgan fingerprint density at radius 2 is 1.89 bits per heavy atom. The van der Waals surface area contributed by atoms with Crippen molar-refractivity contribution in [1.29, 1.82) is 0 Å². The Labute approximate surface area is 207 Å². The number of hydrogen-bond acceptors (Lipinski definition) is 7. The lowest BCUT2D eigenvalue weighted by molar-refractivity contribution is -0.240. The molecule has 3 fully saturated rings. The molecule has 194 valence electrons. The van der Waals surface area contributed by atoms with E-state index in [9.17, 15) is 30.0 Å². The summed E-state index contributed by atoms with van der Waals surface area (Å²) in [6.07, 6.45) is 5.25. The summed E-state index contributed by atoms with van der Waals surface area (Å²) in [6, 6.07) is 0. The molecule has 4 aliphatic carbocycles. The number of ketones is 1. The van der Waals surface area contributed by atoms with E-state index in [0.717, 1.165) is 12.0 Å². The summed E-state index contributed by atoms with van der Waals surface area (Å²) in [7, 11) is 0. The van der Waals surface area contributed by atoms with Crippen LogP contribution in [0.1, 0.15) is 72.6 Å². The molecule has 0 aromatic heterocycles. The molecule has 4 N–H and O–H groups in total. The number of carbonyl (C=O) groups excluding carboxylic acids is 2. The number of rotatable bonds is 3. The van der Waals surface area contributed by atoms with Crippen LogP contribution in [0.5, 0.6) is 0 Å². The van der Waals surface area contributed by atoms with Crippen molar-refractivity contribution < 1.29 is 34.8 Å². The van der Waals surface area contributed by atoms with Gasteiger partial charge in [-0.3, -0.25) is 4.79 Å². The summed E-state index contributed by atoms with van der Waals surface area (Å²) in [6.45, 7) is 7.07. The average Bonchev–Trinajstić information content (AvgIpc) is 3.21. The third-order valence-electron chi connectivity index (χ3n) is 11.4. The van der Waals surface area contributed by atoms with Gasteiger partial charge in [0, 0.05) is 24.0 Å². The third kappa shape index (κ3) is 3.11. The first kappa shape index (κ1) is 25.1. The molecule has 7 nitrogen and oxygen atoms in total. The predicted octanol–water partition coefficient (Wildman–Crippen LogP) is 2.45. The molecule has 0 aromatic rings. The Morgan fingerprint density at radius 1 is 1.17 bits per heavy atom. The fourth-order valence-electron chi connectivity index (χ4n) is 9.12. The second-order valence-corrected chi connectivity index (χ2v) is 12.5. The highest BCUT2D eigenvalue weighted by Crippen LogP contribution is 2.68. The molecule has 1 heterocycles. The molecule has 10 unspecified atom stereocenters. The SMILES string of the molecule is CC1=C(C)C(=O)OC(C(C)(O)C2CCC3C4CC(O)C5(O)CC=CC(=O)C5(C)C4CCC32CO)C1. The van der Waals surface area contributed by atoms with Gasteiger partial charge in [0.05, 0.1) is 11.5 Å². The van der Waals surface area contributed by atoms with Gasteiger partial charge < -0.3 is 25.2 Å². The number of aliphatic hydroxyl groups is 4. The van der Waals surface area contributed by atoms with Crippen LogP contribution in [0.3, 0.4) is 0 Å². The van der Waals surface area contributed by atoms with Crippen LogP contribution >= 0.6 is 0 Å². The topological polar surface area (TPSA) is 124 Å². The van der Waals surface area contributed by atoms with Crippen molar-refractivity contribution in [3.63, 3.8) is 0 Å². The van der Waals surface area contributed by atoms with E-state index in [1.807, 2.05) is 13.8 Å². The van der Waals surface area contributed by atoms with E-state index in [0.29, 0.717) is 37.7 Å². The molecule has 0 bridgehead atoms. The van der Waals surface area contributed by atoms with E-state index in [2.05, 4.69) is 0 Å². The first-order chi connectivity index (χ1) is 16.3. The van der Waals surface area contributed by atoms with E-state index >= 15 is 0 Å². The summed E-state index contributed by atoms with van der Waals surface area (Å²) in [4.78, 5) is 25.6. The van der Waals surface area contributed by atoms with E-state index in [-0.39, 0.29) is 42.5 Å². The van der Waals surface area contributed by atoms with Crippen molar-refractivity contribution in [3.8, 4) is 0 Å². The van der Waals surface area contributed by atoms with Gasteiger partial charge in [-0.25, -0.2) is 4.79 Å². The number of allylic oxidation sites excluding steroid dienone is 1. The zero-order valence-electron chi connectivity index (χ0n) is 21.3. The van der Waals surface area contributed by atoms with E-state index in [1.54, 1.807) is 26.0 Å². The van der Waals surface area contributed by atoms with Crippen LogP contribution in [0, 0.1) is 34.5 Å². The molecule has 5 rings (SSSR count). The van der Waals surface area contributed by atoms with Crippen molar-refractivity contribution in [2.75, 3.05) is 6.61 Å². The summed E-state index contributed by atoms with van der Waals surface area (Å²) < 4.78 is 5.70. The highest BCUT2D eigenvalue weighted by atomic mass is 16.6. The molecule has 0 saturated heterocycles. The van der Waals surface area contributed by atoms with Crippen molar-refractivity contribution in [3.05, 3.63) is 23.3 Å². The Morgan fingerprint density at radius 3 is 2.54 bits per heavy atom. The number of carbonyl (C=O) groups is 2. The lowest BCUT2D eigenvalue weighted by Gasteiger charge is -2.63. The van der Waals surface area contributed by atoms with E-state index < -0.39 is 40.2 Å². The predicted molar refractivity (Wildman–Crippen MR) is 128 cm³/mol. The molecule has 5 aliphatic rings. The number of aliphatic hydroxyl groups excluding tert-OH is 2. The monoisotopic (exact) mass is 488 g/mol. The summed E-state index contributed by atoms with van der Waals surface area (Å²) in [5, 5.41) is 45.5. The Bertz CT molecular complexity index is 997. The Hall–Kier alpha value is -1.54. The first-order valence-electron chi connectivity index (χ1n) is 13.2. The van der Waals surface area contributed by atoms with Crippen LogP contribution in [0.2, 0.25) is 0 Å². The van der Waals surface area contributed by atoms with Crippen LogP contribution in [0.25, 0.3) is 0 Å². The van der Waals surface area contributed by atoms with Gasteiger partial charge in [-0.1, -0.05) is 11.6 Å². The summed E-state index contributed by atoms with van der Waals surface area (Å²) in [5.41, 5.74) is -2.99. The van der Waals surface area contributed by atoms with Crippen molar-refractivity contribution >= 4 is 11.8 Å². The minimum Gasteiger partial charge on any atom is -0.456 e. The molecule has 3 saturated carbocycles. The molecule has 0 spiro atoms. The molecule has 1 aliphatic heterocycles. The van der Waals surface area contributed by atoms with Crippen molar-refractivity contribution in [2.45, 2.75) is 96.1 Å². The fourth-order valence-corrected chi connectivity index (χ4v) is 9.12. The lowest BCUT2D eigenvalue weighted by atomic mass is 9.42. The van der Waals surface area contributed by atoms with Crippen LogP contribution in [-0.4, -0.2) is 62.2 Å². The number of cyclic esters (lactones) is 1. The average molecular weight is 489 g/mol. The van der Waals surface area contributed by atoms with Crippen LogP contribution < -0.4 is 0 Å². The zero-order chi connectivity index (χ0) is 25.6. The Kier molecular flexibility index (Phi) is 5.73. The number of esters is 1. The van der Waals surface area contributed by atoms with Crippen LogP contribution in [0.4, 0.5) is 0 Å². The number of ether oxygens (including phenoxy) is 1. The molecular formula is C28H40O7. The van der Waals surface area contributed by atoms with Crippen LogP contribution in [-0.2, 0) is 14.3 Å². The zero-order valence-corrected chi connectivity index (χ0v) is 21.3. The second kappa shape index (κ2) is 7.98. The minimum atomic E-state index is -1.49. The van der Waals surface area contributed by atoms with Gasteiger partial charge in [0.2, 0.25) is 0 Å². The number of hydrogen-bond donors (Lipinski definition) is 4. The lowest BCUT2D eigenvalue weighted by Crippen LogP contribution is -2.70. The maximum atomic E-state index is 13.2. The largest absolute Gasteiger partial charge is 0.456 e. The molecule has 35 heavy (non-hydrogen) atoms. The fraction of sp³-hybridized carbons (Fsp3) is 0.786. The molecule has 0 aromatic carbocycles. The third-order valence-corrected chi connectivity index (χ3v) is 11.4. The Balaban J connectivity index is 1.49. The van der Waals surface area contributed by atoms with Crippen LogP contribution in [0.15, 0.2) is 23.3 Å². The van der Waals surface area contributed by atoms with Gasteiger partial charge >= 0.3 is 5.97 Å².